The van der Waals surface area contributed by atoms with Crippen LogP contribution in [0.25, 0.3) is 0 Å². The molecule has 532 valence electrons. The van der Waals surface area contributed by atoms with Crippen LogP contribution in [0.15, 0.2) is 0 Å². The van der Waals surface area contributed by atoms with Crippen LogP contribution in [-0.2, 0) is 109 Å². The summed E-state index contributed by atoms with van der Waals surface area (Å²) in [6.45, 7) is 14.3. The van der Waals surface area contributed by atoms with E-state index in [1.54, 1.807) is 48.5 Å². The van der Waals surface area contributed by atoms with Crippen LogP contribution < -0.4 is 4.74 Å². The minimum atomic E-state index is -2.14. The molecule has 10 aliphatic heterocycles. The highest BCUT2D eigenvalue weighted by Gasteiger charge is 2.73. The van der Waals surface area contributed by atoms with Crippen molar-refractivity contribution in [2.75, 3.05) is 41.3 Å². The number of aliphatic hydroxyl groups excluding tert-OH is 5. The molecular formula is C60H86Cl2O32. The molecule has 0 amide bonds. The summed E-state index contributed by atoms with van der Waals surface area (Å²) in [6.07, 6.45) is -33.8. The maximum Gasteiger partial charge on any atom is 0.342 e. The molecule has 10 fully saturated rings. The Morgan fingerprint density at radius 1 is 0.660 bits per heavy atom. The molecule has 2 unspecified atom stereocenters. The normalized spacial score (nSPS) is 47.7. The second-order valence-electron chi connectivity index (χ2n) is 25.9. The lowest BCUT2D eigenvalue weighted by atomic mass is 9.81. The summed E-state index contributed by atoms with van der Waals surface area (Å²) in [6, 6.07) is 0. The van der Waals surface area contributed by atoms with E-state index >= 15 is 0 Å². The molecular weight excluding hydrogens is 1300 g/mol. The Hall–Kier alpha value is -2.99. The number of hydrogen-bond donors (Lipinski definition) is 7. The van der Waals surface area contributed by atoms with Crippen molar-refractivity contribution >= 4 is 40.9 Å². The number of fused-ring (bicyclic) bond motifs is 4. The quantitative estimate of drug-likeness (QED) is 0.104. The molecule has 7 N–H and O–H groups in total. The minimum absolute atomic E-state index is 0.0142. The number of rotatable bonds is 17. The average Bonchev–Trinajstić information content (AvgIpc) is 1.53. The number of methoxy groups -OCH3 is 3. The van der Waals surface area contributed by atoms with Crippen LogP contribution >= 0.6 is 23.2 Å². The number of carbonyl (C=O) groups excluding carboxylic acids is 3. The van der Waals surface area contributed by atoms with Crippen molar-refractivity contribution in [1.29, 1.82) is 0 Å². The molecule has 10 heterocycles. The number of benzene rings is 1. The molecule has 1 aromatic carbocycles. The minimum Gasteiger partial charge on any atom is -0.505 e. The number of ether oxygens (including phenoxy) is 22. The highest BCUT2D eigenvalue weighted by molar-refractivity contribution is 6.39. The zero-order chi connectivity index (χ0) is 68.2. The van der Waals surface area contributed by atoms with Crippen LogP contribution in [0, 0.1) is 12.8 Å². The van der Waals surface area contributed by atoms with E-state index in [4.69, 9.17) is 127 Å². The fourth-order valence-electron chi connectivity index (χ4n) is 14.4. The summed E-state index contributed by atoms with van der Waals surface area (Å²) in [4.78, 5) is 39.7. The Bertz CT molecular complexity index is 2870. The van der Waals surface area contributed by atoms with E-state index in [0.29, 0.717) is 0 Å². The largest absolute Gasteiger partial charge is 0.505 e. The lowest BCUT2D eigenvalue weighted by molar-refractivity contribution is -0.428. The first-order valence-corrected chi connectivity index (χ1v) is 32.1. The number of carbonyl (C=O) groups is 3. The number of phenolic OH excluding ortho intramolecular Hbond substituents is 1. The zero-order valence-corrected chi connectivity index (χ0v) is 55.5. The van der Waals surface area contributed by atoms with E-state index in [2.05, 4.69) is 0 Å². The highest BCUT2D eigenvalue weighted by Crippen LogP contribution is 2.53. The standard InChI is InChI=1S/C60H86Cl2O32/c1-20(2)52(70)86-48-44-31(91-60(92-44)51-50(77-19-78-51)59(72,26(8)64)27(9)90-60)18-76-55(48)88-56-47(75-13)38(68)43(30(17-63)82-56)87-54-39(69)46(42(73-11)23(5)81-54)84-33-16-57(10)49(25(7)80-33)93-58(94-57)15-29(66)41(24(6)89-58)83-32-14-28(65)40(22(4)79-32)85-53(71)34-21(3)35(61)37(67)36(62)45(34)74-12/h20,22-25,27-33,38-44,46-51,54-56,63,65-69,72H,14-19H2,1-13H3/t22-,23-,24-,25-,27-,28-,29-,30-,31+,32+,33+,38+,39-,40-,41-,42+,43-,44-,46-,47+,48-,49-,50-,51-,54+,55+,56+,57?,58?,59+,60-/m1/s1. The Morgan fingerprint density at radius 3 is 1.99 bits per heavy atom. The van der Waals surface area contributed by atoms with Gasteiger partial charge in [0.2, 0.25) is 6.29 Å². The fourth-order valence-corrected chi connectivity index (χ4v) is 14.9. The van der Waals surface area contributed by atoms with Crippen LogP contribution in [0.5, 0.6) is 11.5 Å². The van der Waals surface area contributed by atoms with E-state index in [-0.39, 0.29) is 59.6 Å². The lowest BCUT2D eigenvalue weighted by Crippen LogP contribution is -2.72. The first kappa shape index (κ1) is 72.3. The van der Waals surface area contributed by atoms with E-state index in [1.807, 2.05) is 0 Å². The number of aliphatic hydroxyl groups is 6. The number of halogens is 2. The summed E-state index contributed by atoms with van der Waals surface area (Å²) in [5, 5.41) is 79.6. The zero-order valence-electron chi connectivity index (χ0n) is 54.0. The summed E-state index contributed by atoms with van der Waals surface area (Å²) in [5.74, 6) is -7.50. The smallest absolute Gasteiger partial charge is 0.342 e. The van der Waals surface area contributed by atoms with Gasteiger partial charge in [-0.25, -0.2) is 4.79 Å². The molecule has 0 saturated carbocycles. The molecule has 2 spiro atoms. The van der Waals surface area contributed by atoms with Gasteiger partial charge in [0.05, 0.1) is 80.4 Å². The van der Waals surface area contributed by atoms with E-state index in [0.717, 1.165) is 0 Å². The number of ketones is 1. The highest BCUT2D eigenvalue weighted by atomic mass is 35.5. The van der Waals surface area contributed by atoms with Crippen molar-refractivity contribution in [3.63, 3.8) is 0 Å². The number of hydrogen-bond acceptors (Lipinski definition) is 32. The van der Waals surface area contributed by atoms with Crippen LogP contribution in [0.4, 0.5) is 0 Å². The molecule has 0 radical (unpaired) electrons. The number of phenols is 1. The van der Waals surface area contributed by atoms with E-state index in [9.17, 15) is 50.1 Å². The van der Waals surface area contributed by atoms with Crippen LogP contribution in [0.1, 0.15) is 97.5 Å². The third-order valence-electron chi connectivity index (χ3n) is 19.2. The van der Waals surface area contributed by atoms with Crippen molar-refractivity contribution in [1.82, 2.24) is 0 Å². The van der Waals surface area contributed by atoms with Crippen LogP contribution in [-0.4, -0.2) is 284 Å². The molecule has 34 heteroatoms. The van der Waals surface area contributed by atoms with Gasteiger partial charge in [-0.1, -0.05) is 37.0 Å². The van der Waals surface area contributed by atoms with Crippen LogP contribution in [0.2, 0.25) is 10.0 Å². The first-order chi connectivity index (χ1) is 44.4. The van der Waals surface area contributed by atoms with Gasteiger partial charge >= 0.3 is 17.9 Å². The molecule has 0 bridgehead atoms. The van der Waals surface area contributed by atoms with Crippen molar-refractivity contribution in [3.05, 3.63) is 21.2 Å². The van der Waals surface area contributed by atoms with Crippen molar-refractivity contribution in [2.45, 2.75) is 277 Å². The van der Waals surface area contributed by atoms with Gasteiger partial charge in [-0.05, 0) is 61.0 Å². The van der Waals surface area contributed by atoms with Gasteiger partial charge in [0.1, 0.15) is 96.2 Å². The molecule has 94 heavy (non-hydrogen) atoms. The number of Topliss-reactive ketones (excluding diaryl/α,β-unsaturated/α-hetero) is 1. The fraction of sp³-hybridized carbons (Fsp3) is 0.850. The molecule has 0 aromatic heterocycles. The monoisotopic (exact) mass is 1390 g/mol. The average molecular weight is 1390 g/mol. The van der Waals surface area contributed by atoms with E-state index < -0.39 is 225 Å². The topological polar surface area (TPSA) is 396 Å². The first-order valence-electron chi connectivity index (χ1n) is 31.3. The van der Waals surface area contributed by atoms with Gasteiger partial charge in [-0.3, -0.25) is 9.59 Å². The predicted molar refractivity (Wildman–Crippen MR) is 308 cm³/mol. The number of aromatic hydroxyl groups is 1. The third-order valence-corrected chi connectivity index (χ3v) is 20.1. The summed E-state index contributed by atoms with van der Waals surface area (Å²) >= 11 is 12.5. The molecule has 0 aliphatic carbocycles. The van der Waals surface area contributed by atoms with Gasteiger partial charge in [0.25, 0.3) is 5.97 Å². The van der Waals surface area contributed by atoms with Crippen molar-refractivity contribution in [3.8, 4) is 11.5 Å². The van der Waals surface area contributed by atoms with Gasteiger partial charge in [0.15, 0.2) is 66.4 Å². The summed E-state index contributed by atoms with van der Waals surface area (Å²) in [7, 11) is 3.90. The Morgan fingerprint density at radius 2 is 1.34 bits per heavy atom. The summed E-state index contributed by atoms with van der Waals surface area (Å²) in [5.41, 5.74) is -3.37. The molecule has 10 aliphatic rings. The predicted octanol–water partition coefficient (Wildman–Crippen LogP) is 0.398. The van der Waals surface area contributed by atoms with E-state index in [1.165, 1.54) is 42.1 Å². The maximum absolute atomic E-state index is 13.5. The van der Waals surface area contributed by atoms with Gasteiger partial charge in [0, 0.05) is 27.1 Å². The molecule has 10 saturated heterocycles. The molecule has 31 atom stereocenters. The van der Waals surface area contributed by atoms with Gasteiger partial charge < -0.3 is 140 Å². The third kappa shape index (κ3) is 12.9. The Labute approximate surface area is 550 Å². The molecule has 1 aromatic rings. The van der Waals surface area contributed by atoms with Gasteiger partial charge in [-0.2, -0.15) is 0 Å². The number of esters is 2. The Kier molecular flexibility index (Phi) is 21.4. The Balaban J connectivity index is 0.716. The van der Waals surface area contributed by atoms with Gasteiger partial charge in [-0.15, -0.1) is 0 Å². The lowest BCUT2D eigenvalue weighted by Gasteiger charge is -2.49. The second kappa shape index (κ2) is 27.9. The molecule has 11 rings (SSSR count). The maximum atomic E-state index is 13.5. The molecule has 32 nitrogen and oxygen atoms in total. The van der Waals surface area contributed by atoms with Crippen LogP contribution in [0.3, 0.4) is 0 Å². The van der Waals surface area contributed by atoms with Crippen molar-refractivity contribution < 1.29 is 154 Å². The second-order valence-corrected chi connectivity index (χ2v) is 26.7. The summed E-state index contributed by atoms with van der Waals surface area (Å²) < 4.78 is 135. The SMILES string of the molecule is COc1c(Cl)c(O)c(Cl)c(C)c1C(=O)O[C@H]1[C@H](O)C[C@H](O[C@H]2[C@H](O)CC3(O[C@@H]4[C@@H](C)O[C@@H](O[C@@H]5[C@@H](O)[C@H](O[C@H]6[C@H](O)[C@H](OC)[C@H](O[C@@H]7OC[C@@H]8O[C@]9(O[C@H]8[C@H]7OC(=O)C(C)C)O[C@H](C)[C@@](O)(C(C)=O)[C@@H]7OCO[C@H]79)O[C@@H]6CO)O[C@H](C)[C@@H]5OC)CC4(C)O3)O[C@@H]2C)O[C@@H]1C. The van der Waals surface area contributed by atoms with Crippen molar-refractivity contribution in [2.24, 2.45) is 5.92 Å².